The molecule has 27 heavy (non-hydrogen) atoms. The van der Waals surface area contributed by atoms with Crippen LogP contribution in [-0.2, 0) is 9.59 Å². The van der Waals surface area contributed by atoms with Crippen molar-refractivity contribution in [1.29, 1.82) is 0 Å². The van der Waals surface area contributed by atoms with E-state index in [1.165, 1.54) is 11.1 Å². The molecule has 2 aliphatic carbocycles. The number of carbonyl (C=O) groups excluding carboxylic acids is 2. The zero-order chi connectivity index (χ0) is 19.4. The second kappa shape index (κ2) is 8.84. The Labute approximate surface area is 167 Å². The highest BCUT2D eigenvalue weighted by atomic mass is 35.5. The zero-order valence-electron chi connectivity index (χ0n) is 16.1. The Kier molecular flexibility index (Phi) is 6.49. The molecule has 0 heterocycles. The maximum absolute atomic E-state index is 13.2. The standard InChI is InChI=1S/C24H27ClO2/c1-16-7-9-18(10-8-16)19-11-13-20(14-12-19)23(22(25)15-26)24(27)21-6-4-3-5-17(21)2/h3,5,7-10,15,19-20H,4,6,11-14H2,1-2H3/b23-22+. The molecule has 142 valence electrons. The molecule has 0 amide bonds. The third-order valence-electron chi connectivity index (χ3n) is 5.97. The lowest BCUT2D eigenvalue weighted by Gasteiger charge is -2.31. The monoisotopic (exact) mass is 382 g/mol. The van der Waals surface area contributed by atoms with Gasteiger partial charge >= 0.3 is 0 Å². The SMILES string of the molecule is CC1=C(C(=O)/C(=C(/Cl)C=O)C2CCC(c3ccc(C)cc3)CC2)CCC=C1. The van der Waals surface area contributed by atoms with Crippen molar-refractivity contribution in [1.82, 2.24) is 0 Å². The van der Waals surface area contributed by atoms with Gasteiger partial charge in [0.25, 0.3) is 0 Å². The summed E-state index contributed by atoms with van der Waals surface area (Å²) >= 11 is 6.25. The average Bonchev–Trinajstić information content (AvgIpc) is 2.69. The Morgan fingerprint density at radius 1 is 1.07 bits per heavy atom. The van der Waals surface area contributed by atoms with Gasteiger partial charge in [0.05, 0.1) is 5.03 Å². The van der Waals surface area contributed by atoms with Gasteiger partial charge in [0, 0.05) is 11.1 Å². The quantitative estimate of drug-likeness (QED) is 0.449. The highest BCUT2D eigenvalue weighted by molar-refractivity contribution is 6.41. The smallest absolute Gasteiger partial charge is 0.187 e. The van der Waals surface area contributed by atoms with Gasteiger partial charge in [-0.2, -0.15) is 0 Å². The fourth-order valence-electron chi connectivity index (χ4n) is 4.35. The van der Waals surface area contributed by atoms with E-state index in [9.17, 15) is 9.59 Å². The second-order valence-electron chi connectivity index (χ2n) is 7.77. The molecule has 2 aliphatic rings. The lowest BCUT2D eigenvalue weighted by molar-refractivity contribution is -0.113. The Morgan fingerprint density at radius 2 is 1.74 bits per heavy atom. The molecular weight excluding hydrogens is 356 g/mol. The molecule has 2 nitrogen and oxygen atoms in total. The molecule has 1 aromatic carbocycles. The molecule has 1 saturated carbocycles. The first kappa shape index (κ1) is 19.8. The van der Waals surface area contributed by atoms with Crippen LogP contribution in [0.3, 0.4) is 0 Å². The van der Waals surface area contributed by atoms with Crippen LogP contribution in [-0.4, -0.2) is 12.1 Å². The molecule has 0 bridgehead atoms. The maximum Gasteiger partial charge on any atom is 0.187 e. The molecule has 3 rings (SSSR count). The summed E-state index contributed by atoms with van der Waals surface area (Å²) in [6.07, 6.45) is 10.1. The molecule has 3 heteroatoms. The van der Waals surface area contributed by atoms with Crippen LogP contribution in [0.2, 0.25) is 0 Å². The summed E-state index contributed by atoms with van der Waals surface area (Å²) in [6, 6.07) is 8.74. The summed E-state index contributed by atoms with van der Waals surface area (Å²) in [7, 11) is 0. The summed E-state index contributed by atoms with van der Waals surface area (Å²) < 4.78 is 0. The number of benzene rings is 1. The molecule has 0 atom stereocenters. The maximum atomic E-state index is 13.2. The number of ketones is 1. The van der Waals surface area contributed by atoms with Crippen molar-refractivity contribution >= 4 is 23.7 Å². The molecule has 0 unspecified atom stereocenters. The third kappa shape index (κ3) is 4.50. The molecule has 0 aliphatic heterocycles. The summed E-state index contributed by atoms with van der Waals surface area (Å²) in [6.45, 7) is 4.06. The number of aldehydes is 1. The van der Waals surface area contributed by atoms with Crippen molar-refractivity contribution in [3.05, 3.63) is 69.3 Å². The van der Waals surface area contributed by atoms with Crippen LogP contribution >= 0.6 is 11.6 Å². The number of Topliss-reactive ketones (excluding diaryl/α,β-unsaturated/α-hetero) is 1. The van der Waals surface area contributed by atoms with Crippen molar-refractivity contribution in [3.8, 4) is 0 Å². The van der Waals surface area contributed by atoms with Crippen LogP contribution in [0.15, 0.2) is 58.2 Å². The largest absolute Gasteiger partial charge is 0.297 e. The molecular formula is C24H27ClO2. The summed E-state index contributed by atoms with van der Waals surface area (Å²) in [5.74, 6) is 0.572. The average molecular weight is 383 g/mol. The number of carbonyl (C=O) groups is 2. The topological polar surface area (TPSA) is 34.1 Å². The Bertz CT molecular complexity index is 803. The molecule has 1 aromatic rings. The highest BCUT2D eigenvalue weighted by Gasteiger charge is 2.31. The van der Waals surface area contributed by atoms with Crippen LogP contribution in [0.25, 0.3) is 0 Å². The number of hydrogen-bond acceptors (Lipinski definition) is 2. The van der Waals surface area contributed by atoms with E-state index in [0.29, 0.717) is 17.8 Å². The van der Waals surface area contributed by atoms with Crippen LogP contribution in [0.1, 0.15) is 62.5 Å². The first-order chi connectivity index (χ1) is 13.0. The minimum absolute atomic E-state index is 0.0206. The second-order valence-corrected chi connectivity index (χ2v) is 8.18. The number of hydrogen-bond donors (Lipinski definition) is 0. The minimum Gasteiger partial charge on any atom is -0.297 e. The molecule has 0 N–H and O–H groups in total. The minimum atomic E-state index is -0.0206. The normalized spacial score (nSPS) is 23.8. The van der Waals surface area contributed by atoms with E-state index < -0.39 is 0 Å². The van der Waals surface area contributed by atoms with E-state index in [-0.39, 0.29) is 16.7 Å². The van der Waals surface area contributed by atoms with E-state index in [1.54, 1.807) is 0 Å². The van der Waals surface area contributed by atoms with Gasteiger partial charge in [-0.25, -0.2) is 0 Å². The Hall–Kier alpha value is -1.93. The van der Waals surface area contributed by atoms with Crippen LogP contribution in [0, 0.1) is 12.8 Å². The van der Waals surface area contributed by atoms with Crippen molar-refractivity contribution in [2.75, 3.05) is 0 Å². The number of allylic oxidation sites excluding steroid dienone is 6. The summed E-state index contributed by atoms with van der Waals surface area (Å²) in [4.78, 5) is 24.6. The van der Waals surface area contributed by atoms with Gasteiger partial charge in [-0.1, -0.05) is 53.6 Å². The number of rotatable bonds is 5. The van der Waals surface area contributed by atoms with Gasteiger partial charge in [-0.3, -0.25) is 9.59 Å². The lowest BCUT2D eigenvalue weighted by Crippen LogP contribution is -2.22. The highest BCUT2D eigenvalue weighted by Crippen LogP contribution is 2.41. The van der Waals surface area contributed by atoms with Gasteiger partial charge in [-0.15, -0.1) is 0 Å². The predicted octanol–water partition coefficient (Wildman–Crippen LogP) is 6.20. The van der Waals surface area contributed by atoms with Crippen molar-refractivity contribution in [2.24, 2.45) is 5.92 Å². The summed E-state index contributed by atoms with van der Waals surface area (Å²) in [5.41, 5.74) is 4.99. The Balaban J connectivity index is 1.78. The molecule has 0 saturated heterocycles. The van der Waals surface area contributed by atoms with E-state index >= 15 is 0 Å². The first-order valence-electron chi connectivity index (χ1n) is 9.83. The van der Waals surface area contributed by atoms with E-state index in [1.807, 2.05) is 13.0 Å². The van der Waals surface area contributed by atoms with Crippen molar-refractivity contribution in [3.63, 3.8) is 0 Å². The number of aryl methyl sites for hydroxylation is 1. The fourth-order valence-corrected chi connectivity index (χ4v) is 4.59. The van der Waals surface area contributed by atoms with Crippen LogP contribution in [0.5, 0.6) is 0 Å². The first-order valence-corrected chi connectivity index (χ1v) is 10.2. The summed E-state index contributed by atoms with van der Waals surface area (Å²) in [5, 5.41) is 0.0913. The van der Waals surface area contributed by atoms with Crippen LogP contribution in [0.4, 0.5) is 0 Å². The molecule has 0 aromatic heterocycles. The van der Waals surface area contributed by atoms with E-state index in [0.717, 1.165) is 49.7 Å². The van der Waals surface area contributed by atoms with Gasteiger partial charge in [-0.05, 0) is 75.3 Å². The van der Waals surface area contributed by atoms with Gasteiger partial charge < -0.3 is 0 Å². The predicted molar refractivity (Wildman–Crippen MR) is 111 cm³/mol. The third-order valence-corrected chi connectivity index (χ3v) is 6.26. The molecule has 1 fully saturated rings. The molecule has 0 spiro atoms. The molecule has 0 radical (unpaired) electrons. The van der Waals surface area contributed by atoms with Crippen molar-refractivity contribution in [2.45, 2.75) is 58.3 Å². The Morgan fingerprint density at radius 3 is 2.33 bits per heavy atom. The van der Waals surface area contributed by atoms with Gasteiger partial charge in [0.15, 0.2) is 12.1 Å². The lowest BCUT2D eigenvalue weighted by atomic mass is 9.73. The fraction of sp³-hybridized carbons (Fsp3) is 0.417. The van der Waals surface area contributed by atoms with E-state index in [4.69, 9.17) is 11.6 Å². The van der Waals surface area contributed by atoms with Gasteiger partial charge in [0.1, 0.15) is 0 Å². The van der Waals surface area contributed by atoms with Crippen molar-refractivity contribution < 1.29 is 9.59 Å². The van der Waals surface area contributed by atoms with E-state index in [2.05, 4.69) is 37.3 Å². The van der Waals surface area contributed by atoms with Crippen LogP contribution < -0.4 is 0 Å². The van der Waals surface area contributed by atoms with Gasteiger partial charge in [0.2, 0.25) is 0 Å². The zero-order valence-corrected chi connectivity index (χ0v) is 16.9. The number of halogens is 1.